The summed E-state index contributed by atoms with van der Waals surface area (Å²) >= 11 is 0. The normalized spacial score (nSPS) is 19.1. The van der Waals surface area contributed by atoms with E-state index in [-0.39, 0.29) is 7.92 Å². The zero-order chi connectivity index (χ0) is 18.8. The van der Waals surface area contributed by atoms with Gasteiger partial charge in [0.1, 0.15) is 23.6 Å². The van der Waals surface area contributed by atoms with E-state index in [9.17, 15) is 0 Å². The van der Waals surface area contributed by atoms with Gasteiger partial charge in [0.05, 0.1) is 0 Å². The van der Waals surface area contributed by atoms with Crippen molar-refractivity contribution in [3.05, 3.63) is 72.8 Å². The molecule has 0 amide bonds. The second-order valence-corrected chi connectivity index (χ2v) is 9.97. The fourth-order valence-corrected chi connectivity index (χ4v) is 7.33. The summed E-state index contributed by atoms with van der Waals surface area (Å²) in [5.74, 6) is 2.87. The van der Waals surface area contributed by atoms with Gasteiger partial charge < -0.3 is 9.47 Å². The molecule has 1 fully saturated rings. The summed E-state index contributed by atoms with van der Waals surface area (Å²) < 4.78 is 12.4. The first-order chi connectivity index (χ1) is 13.9. The van der Waals surface area contributed by atoms with Crippen molar-refractivity contribution in [3.8, 4) is 28.4 Å². The lowest BCUT2D eigenvalue weighted by atomic mass is 10.0. The minimum atomic E-state index is -0.273. The van der Waals surface area contributed by atoms with Gasteiger partial charge in [0.25, 0.3) is 0 Å². The predicted octanol–water partition coefficient (Wildman–Crippen LogP) is 6.94. The molecule has 1 aliphatic heterocycles. The second kappa shape index (κ2) is 7.97. The van der Waals surface area contributed by atoms with E-state index >= 15 is 0 Å². The molecule has 28 heavy (non-hydrogen) atoms. The van der Waals surface area contributed by atoms with Crippen molar-refractivity contribution in [2.75, 3.05) is 6.35 Å². The minimum absolute atomic E-state index is 0.273. The molecule has 5 rings (SSSR count). The first-order valence-electron chi connectivity index (χ1n) is 10.2. The van der Waals surface area contributed by atoms with Crippen LogP contribution in [-0.4, -0.2) is 12.0 Å². The molecule has 1 aliphatic carbocycles. The van der Waals surface area contributed by atoms with Crippen molar-refractivity contribution in [1.82, 2.24) is 0 Å². The van der Waals surface area contributed by atoms with Crippen molar-refractivity contribution in [3.63, 3.8) is 0 Å². The number of rotatable bonds is 4. The number of fused-ring (bicyclic) bond motifs is 1. The van der Waals surface area contributed by atoms with Crippen LogP contribution >= 0.6 is 7.92 Å². The van der Waals surface area contributed by atoms with E-state index in [1.807, 2.05) is 36.4 Å². The monoisotopic (exact) mass is 388 g/mol. The summed E-state index contributed by atoms with van der Waals surface area (Å²) in [6.07, 6.45) is 7.72. The van der Waals surface area contributed by atoms with Gasteiger partial charge in [0.15, 0.2) is 0 Å². The Kier molecular flexibility index (Phi) is 5.06. The summed E-state index contributed by atoms with van der Waals surface area (Å²) in [4.78, 5) is 0. The Morgan fingerprint density at radius 2 is 1.50 bits per heavy atom. The number of benzene rings is 3. The summed E-state index contributed by atoms with van der Waals surface area (Å²) in [7, 11) is -0.273. The summed E-state index contributed by atoms with van der Waals surface area (Å²) in [6.45, 7) is 0. The standard InChI is InChI=1S/C25H25O2P/c1-3-10-19(11-4-1)27-23-16-8-7-14-21(23)22-15-9-17-24-25(22)28(18-26-24)20-12-5-2-6-13-20/h1,3-4,7-11,14-17,20H,2,5-6,12-13,18H2/t28-/m1/s1. The highest BCUT2D eigenvalue weighted by molar-refractivity contribution is 7.67. The summed E-state index contributed by atoms with van der Waals surface area (Å²) in [5.41, 5.74) is 3.25. The molecule has 0 unspecified atom stereocenters. The van der Waals surface area contributed by atoms with Crippen LogP contribution in [0.4, 0.5) is 0 Å². The van der Waals surface area contributed by atoms with E-state index in [2.05, 4.69) is 36.4 Å². The first-order valence-corrected chi connectivity index (χ1v) is 11.8. The molecule has 0 bridgehead atoms. The van der Waals surface area contributed by atoms with Crippen LogP contribution in [0.2, 0.25) is 0 Å². The van der Waals surface area contributed by atoms with E-state index in [0.29, 0.717) is 0 Å². The highest BCUT2D eigenvalue weighted by Gasteiger charge is 2.34. The average molecular weight is 388 g/mol. The van der Waals surface area contributed by atoms with Crippen molar-refractivity contribution in [2.45, 2.75) is 37.8 Å². The summed E-state index contributed by atoms with van der Waals surface area (Å²) in [5, 5.41) is 1.45. The third-order valence-electron chi connectivity index (χ3n) is 5.81. The molecule has 3 aromatic carbocycles. The SMILES string of the molecule is c1ccc(Oc2ccccc2-c2cccc3c2[P@@](C2CCCCC2)CO3)cc1. The van der Waals surface area contributed by atoms with Crippen molar-refractivity contribution in [2.24, 2.45) is 0 Å². The third kappa shape index (κ3) is 3.42. The maximum absolute atomic E-state index is 6.27. The number of ether oxygens (including phenoxy) is 2. The Bertz CT molecular complexity index is 948. The lowest BCUT2D eigenvalue weighted by Crippen LogP contribution is -2.17. The molecule has 1 saturated carbocycles. The molecule has 0 N–H and O–H groups in total. The van der Waals surface area contributed by atoms with E-state index in [4.69, 9.17) is 9.47 Å². The highest BCUT2D eigenvalue weighted by Crippen LogP contribution is 2.54. The fourth-order valence-electron chi connectivity index (χ4n) is 4.43. The molecule has 142 valence electrons. The molecule has 2 aliphatic rings. The highest BCUT2D eigenvalue weighted by atomic mass is 31.1. The molecule has 3 heteroatoms. The lowest BCUT2D eigenvalue weighted by molar-refractivity contribution is 0.399. The molecule has 0 saturated heterocycles. The lowest BCUT2D eigenvalue weighted by Gasteiger charge is -2.28. The Hall–Kier alpha value is -2.31. The molecule has 0 spiro atoms. The largest absolute Gasteiger partial charge is 0.488 e. The van der Waals surface area contributed by atoms with Crippen LogP contribution in [0.25, 0.3) is 11.1 Å². The first kappa shape index (κ1) is 17.8. The Morgan fingerprint density at radius 3 is 2.36 bits per heavy atom. The van der Waals surface area contributed by atoms with Gasteiger partial charge >= 0.3 is 0 Å². The minimum Gasteiger partial charge on any atom is -0.488 e. The van der Waals surface area contributed by atoms with Crippen LogP contribution < -0.4 is 14.8 Å². The van der Waals surface area contributed by atoms with Gasteiger partial charge in [-0.2, -0.15) is 0 Å². The molecule has 0 aromatic heterocycles. The van der Waals surface area contributed by atoms with Crippen molar-refractivity contribution < 1.29 is 9.47 Å². The molecule has 0 radical (unpaired) electrons. The zero-order valence-corrected chi connectivity index (χ0v) is 16.9. The quantitative estimate of drug-likeness (QED) is 0.451. The van der Waals surface area contributed by atoms with Gasteiger partial charge in [-0.15, -0.1) is 0 Å². The van der Waals surface area contributed by atoms with Crippen LogP contribution in [0.1, 0.15) is 32.1 Å². The molecular weight excluding hydrogens is 363 g/mol. The predicted molar refractivity (Wildman–Crippen MR) is 117 cm³/mol. The van der Waals surface area contributed by atoms with Crippen molar-refractivity contribution in [1.29, 1.82) is 0 Å². The van der Waals surface area contributed by atoms with E-state index in [1.54, 1.807) is 0 Å². The van der Waals surface area contributed by atoms with Crippen LogP contribution in [0.3, 0.4) is 0 Å². The zero-order valence-electron chi connectivity index (χ0n) is 16.0. The van der Waals surface area contributed by atoms with Crippen LogP contribution in [0.5, 0.6) is 17.2 Å². The van der Waals surface area contributed by atoms with E-state index in [1.165, 1.54) is 43.0 Å². The molecular formula is C25H25O2P. The van der Waals surface area contributed by atoms with Gasteiger partial charge in [-0.1, -0.05) is 67.8 Å². The van der Waals surface area contributed by atoms with Gasteiger partial charge in [-0.25, -0.2) is 0 Å². The molecule has 2 nitrogen and oxygen atoms in total. The van der Waals surface area contributed by atoms with Crippen molar-refractivity contribution >= 4 is 13.2 Å². The van der Waals surface area contributed by atoms with Crippen LogP contribution in [-0.2, 0) is 0 Å². The Labute approximate surface area is 168 Å². The number of hydrogen-bond donors (Lipinski definition) is 0. The topological polar surface area (TPSA) is 18.5 Å². The average Bonchev–Trinajstić information content (AvgIpc) is 3.20. The molecule has 1 atom stereocenters. The maximum atomic E-state index is 6.27. The number of para-hydroxylation sites is 2. The van der Waals surface area contributed by atoms with Gasteiger partial charge in [-0.3, -0.25) is 0 Å². The second-order valence-electron chi connectivity index (χ2n) is 7.60. The Balaban J connectivity index is 1.56. The van der Waals surface area contributed by atoms with Crippen LogP contribution in [0, 0.1) is 0 Å². The fraction of sp³-hybridized carbons (Fsp3) is 0.280. The molecule has 3 aromatic rings. The van der Waals surface area contributed by atoms with Gasteiger partial charge in [-0.05, 0) is 56.3 Å². The third-order valence-corrected chi connectivity index (χ3v) is 8.65. The summed E-state index contributed by atoms with van der Waals surface area (Å²) in [6, 6.07) is 24.9. The maximum Gasteiger partial charge on any atom is 0.135 e. The molecule has 1 heterocycles. The van der Waals surface area contributed by atoms with E-state index in [0.717, 1.165) is 34.8 Å². The van der Waals surface area contributed by atoms with E-state index < -0.39 is 0 Å². The smallest absolute Gasteiger partial charge is 0.135 e. The van der Waals surface area contributed by atoms with Crippen LogP contribution in [0.15, 0.2) is 72.8 Å². The Morgan fingerprint density at radius 1 is 0.750 bits per heavy atom. The number of hydrogen-bond acceptors (Lipinski definition) is 2. The van der Waals surface area contributed by atoms with Gasteiger partial charge in [0, 0.05) is 10.9 Å². The van der Waals surface area contributed by atoms with Gasteiger partial charge in [0.2, 0.25) is 0 Å².